The van der Waals surface area contributed by atoms with Gasteiger partial charge in [0.05, 0.1) is 0 Å². The maximum absolute atomic E-state index is 3.75. The van der Waals surface area contributed by atoms with Crippen LogP contribution < -0.4 is 5.32 Å². The van der Waals surface area contributed by atoms with Gasteiger partial charge in [-0.25, -0.2) is 0 Å². The van der Waals surface area contributed by atoms with Gasteiger partial charge in [0, 0.05) is 25.2 Å². The molecule has 0 aromatic heterocycles. The summed E-state index contributed by atoms with van der Waals surface area (Å²) in [6, 6.07) is 8.11. The standard InChI is InChI=1S/C19H32N2/c1-14-7-8-17(11-15(14)2)12-21-13-18(19(4,5)6)20-10-9-16(21)3/h7-8,11,16,18,20H,9-10,12-13H2,1-6H3. The molecule has 1 aliphatic heterocycles. The van der Waals surface area contributed by atoms with Crippen LogP contribution in [0.2, 0.25) is 0 Å². The fraction of sp³-hybridized carbons (Fsp3) is 0.684. The fourth-order valence-electron chi connectivity index (χ4n) is 3.06. The minimum absolute atomic E-state index is 0.311. The Bertz CT molecular complexity index is 473. The maximum Gasteiger partial charge on any atom is 0.0243 e. The van der Waals surface area contributed by atoms with Gasteiger partial charge in [-0.2, -0.15) is 0 Å². The molecule has 1 heterocycles. The van der Waals surface area contributed by atoms with Crippen molar-refractivity contribution in [3.8, 4) is 0 Å². The molecule has 2 nitrogen and oxygen atoms in total. The largest absolute Gasteiger partial charge is 0.312 e. The first-order valence-electron chi connectivity index (χ1n) is 8.31. The van der Waals surface area contributed by atoms with Gasteiger partial charge in [-0.15, -0.1) is 0 Å². The molecule has 1 aliphatic rings. The monoisotopic (exact) mass is 288 g/mol. The topological polar surface area (TPSA) is 15.3 Å². The van der Waals surface area contributed by atoms with Crippen molar-refractivity contribution in [2.45, 2.75) is 66.6 Å². The Balaban J connectivity index is 2.13. The number of benzene rings is 1. The smallest absolute Gasteiger partial charge is 0.0243 e. The van der Waals surface area contributed by atoms with Gasteiger partial charge in [-0.3, -0.25) is 4.90 Å². The number of hydrogen-bond acceptors (Lipinski definition) is 2. The summed E-state index contributed by atoms with van der Waals surface area (Å²) in [5.74, 6) is 0. The maximum atomic E-state index is 3.75. The van der Waals surface area contributed by atoms with Crippen LogP contribution in [-0.2, 0) is 6.54 Å². The zero-order valence-corrected chi connectivity index (χ0v) is 14.7. The summed E-state index contributed by atoms with van der Waals surface area (Å²) < 4.78 is 0. The number of rotatable bonds is 2. The van der Waals surface area contributed by atoms with Crippen LogP contribution in [0, 0.1) is 19.3 Å². The van der Waals surface area contributed by atoms with Gasteiger partial charge in [0.25, 0.3) is 0 Å². The van der Waals surface area contributed by atoms with E-state index in [1.165, 1.54) is 23.1 Å². The zero-order chi connectivity index (χ0) is 15.6. The van der Waals surface area contributed by atoms with Crippen LogP contribution in [0.5, 0.6) is 0 Å². The van der Waals surface area contributed by atoms with Gasteiger partial charge in [-0.1, -0.05) is 39.0 Å². The van der Waals surface area contributed by atoms with Crippen molar-refractivity contribution in [1.82, 2.24) is 10.2 Å². The van der Waals surface area contributed by atoms with Gasteiger partial charge in [0.1, 0.15) is 0 Å². The highest BCUT2D eigenvalue weighted by Crippen LogP contribution is 2.24. The molecule has 1 N–H and O–H groups in total. The molecule has 0 amide bonds. The lowest BCUT2D eigenvalue weighted by Gasteiger charge is -2.35. The van der Waals surface area contributed by atoms with Crippen LogP contribution >= 0.6 is 0 Å². The second kappa shape index (κ2) is 6.50. The van der Waals surface area contributed by atoms with Crippen LogP contribution in [-0.4, -0.2) is 30.1 Å². The number of hydrogen-bond donors (Lipinski definition) is 1. The summed E-state index contributed by atoms with van der Waals surface area (Å²) in [5.41, 5.74) is 4.54. The highest BCUT2D eigenvalue weighted by Gasteiger charge is 2.30. The van der Waals surface area contributed by atoms with E-state index in [4.69, 9.17) is 0 Å². The number of nitrogens with one attached hydrogen (secondary N) is 1. The van der Waals surface area contributed by atoms with E-state index in [0.29, 0.717) is 17.5 Å². The van der Waals surface area contributed by atoms with Crippen LogP contribution in [0.15, 0.2) is 18.2 Å². The van der Waals surface area contributed by atoms with Crippen molar-refractivity contribution in [3.63, 3.8) is 0 Å². The van der Waals surface area contributed by atoms with E-state index in [-0.39, 0.29) is 0 Å². The van der Waals surface area contributed by atoms with Crippen molar-refractivity contribution in [1.29, 1.82) is 0 Å². The molecule has 2 rings (SSSR count). The molecule has 118 valence electrons. The van der Waals surface area contributed by atoms with Crippen molar-refractivity contribution >= 4 is 0 Å². The van der Waals surface area contributed by atoms with E-state index >= 15 is 0 Å². The summed E-state index contributed by atoms with van der Waals surface area (Å²) in [5, 5.41) is 3.75. The van der Waals surface area contributed by atoms with E-state index < -0.39 is 0 Å². The molecule has 0 radical (unpaired) electrons. The van der Waals surface area contributed by atoms with E-state index in [0.717, 1.165) is 19.6 Å². The average molecular weight is 288 g/mol. The Morgan fingerprint density at radius 3 is 2.52 bits per heavy atom. The van der Waals surface area contributed by atoms with Crippen LogP contribution in [0.4, 0.5) is 0 Å². The molecule has 2 atom stereocenters. The summed E-state index contributed by atoms with van der Waals surface area (Å²) in [7, 11) is 0. The van der Waals surface area contributed by atoms with Crippen molar-refractivity contribution in [2.24, 2.45) is 5.41 Å². The second-order valence-corrected chi connectivity index (χ2v) is 7.86. The molecule has 0 saturated carbocycles. The fourth-order valence-corrected chi connectivity index (χ4v) is 3.06. The van der Waals surface area contributed by atoms with Gasteiger partial charge in [0.15, 0.2) is 0 Å². The SMILES string of the molecule is Cc1ccc(CN2CC(C(C)(C)C)NCCC2C)cc1C. The van der Waals surface area contributed by atoms with Crippen molar-refractivity contribution in [3.05, 3.63) is 34.9 Å². The summed E-state index contributed by atoms with van der Waals surface area (Å²) in [6.45, 7) is 17.1. The molecule has 21 heavy (non-hydrogen) atoms. The third-order valence-corrected chi connectivity index (χ3v) is 5.00. The minimum atomic E-state index is 0.311. The van der Waals surface area contributed by atoms with Crippen LogP contribution in [0.3, 0.4) is 0 Å². The van der Waals surface area contributed by atoms with Crippen LogP contribution in [0.25, 0.3) is 0 Å². The van der Waals surface area contributed by atoms with Crippen molar-refractivity contribution < 1.29 is 0 Å². The summed E-state index contributed by atoms with van der Waals surface area (Å²) in [6.07, 6.45) is 1.23. The normalized spacial score (nSPS) is 24.9. The first-order chi connectivity index (χ1) is 9.77. The molecule has 1 fully saturated rings. The van der Waals surface area contributed by atoms with Gasteiger partial charge in [-0.05, 0) is 55.8 Å². The number of aryl methyl sites for hydroxylation is 2. The van der Waals surface area contributed by atoms with E-state index in [2.05, 4.69) is 70.0 Å². The predicted octanol–water partition coefficient (Wildman–Crippen LogP) is 3.90. The lowest BCUT2D eigenvalue weighted by Crippen LogP contribution is -2.47. The number of nitrogens with zero attached hydrogens (tertiary/aromatic N) is 1. The molecular formula is C19H32N2. The minimum Gasteiger partial charge on any atom is -0.312 e. The Kier molecular flexibility index (Phi) is 5.11. The highest BCUT2D eigenvalue weighted by molar-refractivity contribution is 5.29. The quantitative estimate of drug-likeness (QED) is 0.888. The van der Waals surface area contributed by atoms with E-state index in [9.17, 15) is 0 Å². The van der Waals surface area contributed by atoms with Gasteiger partial charge < -0.3 is 5.32 Å². The molecule has 2 unspecified atom stereocenters. The molecule has 1 aromatic rings. The Labute approximate surface area is 130 Å². The molecule has 2 heteroatoms. The zero-order valence-electron chi connectivity index (χ0n) is 14.7. The summed E-state index contributed by atoms with van der Waals surface area (Å²) >= 11 is 0. The van der Waals surface area contributed by atoms with E-state index in [1.807, 2.05) is 0 Å². The van der Waals surface area contributed by atoms with E-state index in [1.54, 1.807) is 0 Å². The molecule has 0 aliphatic carbocycles. The molecule has 1 saturated heterocycles. The first kappa shape index (κ1) is 16.5. The molecule has 0 spiro atoms. The predicted molar refractivity (Wildman–Crippen MR) is 91.7 cm³/mol. The third kappa shape index (κ3) is 4.31. The lowest BCUT2D eigenvalue weighted by atomic mass is 9.86. The van der Waals surface area contributed by atoms with Crippen molar-refractivity contribution in [2.75, 3.05) is 13.1 Å². The summed E-state index contributed by atoms with van der Waals surface area (Å²) in [4.78, 5) is 2.65. The lowest BCUT2D eigenvalue weighted by molar-refractivity contribution is 0.157. The Hall–Kier alpha value is -0.860. The van der Waals surface area contributed by atoms with Crippen LogP contribution in [0.1, 0.15) is 50.8 Å². The third-order valence-electron chi connectivity index (χ3n) is 5.00. The second-order valence-electron chi connectivity index (χ2n) is 7.86. The highest BCUT2D eigenvalue weighted by atomic mass is 15.2. The molecule has 1 aromatic carbocycles. The molecular weight excluding hydrogens is 256 g/mol. The average Bonchev–Trinajstić information content (AvgIpc) is 2.56. The van der Waals surface area contributed by atoms with Gasteiger partial charge >= 0.3 is 0 Å². The Morgan fingerprint density at radius 2 is 1.90 bits per heavy atom. The Morgan fingerprint density at radius 1 is 1.19 bits per heavy atom. The van der Waals surface area contributed by atoms with Gasteiger partial charge in [0.2, 0.25) is 0 Å². The molecule has 0 bridgehead atoms. The first-order valence-corrected chi connectivity index (χ1v) is 8.31.